The van der Waals surface area contributed by atoms with Gasteiger partial charge in [0.2, 0.25) is 0 Å². The average Bonchev–Trinajstić information content (AvgIpc) is 2.75. The number of carboxylic acids is 1. The summed E-state index contributed by atoms with van der Waals surface area (Å²) >= 11 is 12.0. The fourth-order valence-corrected chi connectivity index (χ4v) is 3.65. The van der Waals surface area contributed by atoms with E-state index in [2.05, 4.69) is 20.7 Å². The van der Waals surface area contributed by atoms with Crippen molar-refractivity contribution < 1.29 is 14.7 Å². The molecule has 11 heteroatoms. The number of pyridine rings is 1. The number of carbonyl (C=O) groups is 2. The third-order valence-corrected chi connectivity index (χ3v) is 5.35. The van der Waals surface area contributed by atoms with Crippen molar-refractivity contribution in [2.24, 2.45) is 7.05 Å². The summed E-state index contributed by atoms with van der Waals surface area (Å²) in [7, 11) is 3.25. The van der Waals surface area contributed by atoms with E-state index in [9.17, 15) is 19.5 Å². The van der Waals surface area contributed by atoms with Crippen molar-refractivity contribution in [2.45, 2.75) is 12.5 Å². The SMILES string of the molecule is CNc1cnn(C)c(=O)c1-c1ccc(C[C@H](NC(=O)c2c(Cl)cncc2Cl)C(=O)O)cc1. The molecular weight excluding hydrogens is 457 g/mol. The molecule has 32 heavy (non-hydrogen) atoms. The Morgan fingerprint density at radius 1 is 1.12 bits per heavy atom. The van der Waals surface area contributed by atoms with Crippen molar-refractivity contribution in [1.82, 2.24) is 20.1 Å². The van der Waals surface area contributed by atoms with Crippen molar-refractivity contribution in [3.05, 3.63) is 74.4 Å². The number of hydrogen-bond donors (Lipinski definition) is 3. The minimum Gasteiger partial charge on any atom is -0.480 e. The number of hydrogen-bond acceptors (Lipinski definition) is 6. The van der Waals surface area contributed by atoms with Gasteiger partial charge in [0, 0.05) is 32.9 Å². The van der Waals surface area contributed by atoms with E-state index in [1.165, 1.54) is 17.1 Å². The molecule has 9 nitrogen and oxygen atoms in total. The predicted molar refractivity (Wildman–Crippen MR) is 121 cm³/mol. The van der Waals surface area contributed by atoms with Gasteiger partial charge in [0.05, 0.1) is 33.1 Å². The van der Waals surface area contributed by atoms with Crippen molar-refractivity contribution in [1.29, 1.82) is 0 Å². The van der Waals surface area contributed by atoms with Crippen LogP contribution in [0.25, 0.3) is 11.1 Å². The number of carbonyl (C=O) groups excluding carboxylic acids is 1. The molecule has 2 heterocycles. The van der Waals surface area contributed by atoms with Crippen molar-refractivity contribution >= 4 is 40.8 Å². The number of halogens is 2. The molecule has 0 unspecified atom stereocenters. The summed E-state index contributed by atoms with van der Waals surface area (Å²) in [4.78, 5) is 40.6. The zero-order chi connectivity index (χ0) is 23.4. The Bertz CT molecular complexity index is 1210. The van der Waals surface area contributed by atoms with E-state index in [0.29, 0.717) is 22.4 Å². The number of amides is 1. The zero-order valence-electron chi connectivity index (χ0n) is 17.1. The van der Waals surface area contributed by atoms with Crippen molar-refractivity contribution in [3.8, 4) is 11.1 Å². The van der Waals surface area contributed by atoms with E-state index >= 15 is 0 Å². The van der Waals surface area contributed by atoms with Crippen molar-refractivity contribution in [3.63, 3.8) is 0 Å². The molecule has 166 valence electrons. The smallest absolute Gasteiger partial charge is 0.326 e. The van der Waals surface area contributed by atoms with E-state index in [0.717, 1.165) is 0 Å². The quantitative estimate of drug-likeness (QED) is 0.479. The Morgan fingerprint density at radius 3 is 2.31 bits per heavy atom. The van der Waals surface area contributed by atoms with Crippen LogP contribution in [0.15, 0.2) is 47.7 Å². The van der Waals surface area contributed by atoms with Gasteiger partial charge in [-0.25, -0.2) is 9.48 Å². The first kappa shape index (κ1) is 23.2. The molecule has 0 spiro atoms. The summed E-state index contributed by atoms with van der Waals surface area (Å²) in [5.41, 5.74) is 1.99. The molecule has 0 aliphatic heterocycles. The van der Waals surface area contributed by atoms with E-state index in [1.54, 1.807) is 44.6 Å². The first-order valence-electron chi connectivity index (χ1n) is 9.39. The van der Waals surface area contributed by atoms with Gasteiger partial charge in [0.25, 0.3) is 11.5 Å². The minimum absolute atomic E-state index is 0.00884. The van der Waals surface area contributed by atoms with E-state index in [1.807, 2.05) is 0 Å². The normalized spacial score (nSPS) is 11.6. The maximum absolute atomic E-state index is 12.5. The Labute approximate surface area is 193 Å². The maximum atomic E-state index is 12.5. The predicted octanol–water partition coefficient (Wildman–Crippen LogP) is 2.62. The monoisotopic (exact) mass is 475 g/mol. The molecule has 3 aromatic rings. The van der Waals surface area contributed by atoms with Crippen LogP contribution in [0.5, 0.6) is 0 Å². The first-order valence-corrected chi connectivity index (χ1v) is 10.1. The summed E-state index contributed by atoms with van der Waals surface area (Å²) in [5.74, 6) is -1.94. The van der Waals surface area contributed by atoms with Gasteiger partial charge in [-0.1, -0.05) is 47.5 Å². The van der Waals surface area contributed by atoms with Gasteiger partial charge >= 0.3 is 5.97 Å². The molecule has 0 fully saturated rings. The minimum atomic E-state index is -1.23. The van der Waals surface area contributed by atoms with Gasteiger partial charge < -0.3 is 15.7 Å². The number of nitrogens with zero attached hydrogens (tertiary/aromatic N) is 3. The zero-order valence-corrected chi connectivity index (χ0v) is 18.6. The van der Waals surface area contributed by atoms with Crippen molar-refractivity contribution in [2.75, 3.05) is 12.4 Å². The second kappa shape index (κ2) is 9.80. The van der Waals surface area contributed by atoms with Crippen LogP contribution in [-0.2, 0) is 18.3 Å². The summed E-state index contributed by atoms with van der Waals surface area (Å²) in [5, 5.41) is 19.0. The van der Waals surface area contributed by atoms with Gasteiger partial charge in [0.1, 0.15) is 6.04 Å². The molecule has 1 amide bonds. The third kappa shape index (κ3) is 4.90. The Kier molecular flexibility index (Phi) is 7.12. The third-order valence-electron chi connectivity index (χ3n) is 4.77. The number of benzene rings is 1. The second-order valence-corrected chi connectivity index (χ2v) is 7.67. The van der Waals surface area contributed by atoms with Gasteiger partial charge in [-0.2, -0.15) is 5.10 Å². The summed E-state index contributed by atoms with van der Waals surface area (Å²) in [6.45, 7) is 0. The highest BCUT2D eigenvalue weighted by atomic mass is 35.5. The number of aliphatic carboxylic acids is 1. The van der Waals surface area contributed by atoms with Crippen LogP contribution >= 0.6 is 23.2 Å². The number of aryl methyl sites for hydroxylation is 1. The van der Waals surface area contributed by atoms with Gasteiger partial charge in [-0.3, -0.25) is 14.6 Å². The molecule has 0 saturated heterocycles. The molecule has 3 rings (SSSR count). The van der Waals surface area contributed by atoms with E-state index in [-0.39, 0.29) is 27.6 Å². The molecule has 0 saturated carbocycles. The number of aromatic nitrogens is 3. The molecular formula is C21H19Cl2N5O4. The lowest BCUT2D eigenvalue weighted by molar-refractivity contribution is -0.139. The fraction of sp³-hybridized carbons (Fsp3) is 0.190. The molecule has 2 aromatic heterocycles. The standard InChI is InChI=1S/C21H19Cl2N5O4/c1-24-16-10-26-28(2)20(30)17(16)12-5-3-11(4-6-12)7-15(21(31)32)27-19(29)18-13(22)8-25-9-14(18)23/h3-6,8-10,15,24H,7H2,1-2H3,(H,27,29)(H,31,32)/t15-/m0/s1. The van der Waals surface area contributed by atoms with Crippen LogP contribution in [0, 0.1) is 0 Å². The Hall–Kier alpha value is -3.43. The Morgan fingerprint density at radius 2 is 1.75 bits per heavy atom. The molecule has 0 aliphatic rings. The second-order valence-electron chi connectivity index (χ2n) is 6.86. The topological polar surface area (TPSA) is 126 Å². The van der Waals surface area contributed by atoms with E-state index < -0.39 is 17.9 Å². The molecule has 3 N–H and O–H groups in total. The number of carboxylic acid groups (broad SMARTS) is 1. The highest BCUT2D eigenvalue weighted by Crippen LogP contribution is 2.25. The lowest BCUT2D eigenvalue weighted by Crippen LogP contribution is -2.42. The van der Waals surface area contributed by atoms with Gasteiger partial charge in [-0.15, -0.1) is 0 Å². The molecule has 1 aromatic carbocycles. The van der Waals surface area contributed by atoms with Crippen LogP contribution < -0.4 is 16.2 Å². The lowest BCUT2D eigenvalue weighted by atomic mass is 10.0. The molecule has 0 bridgehead atoms. The summed E-state index contributed by atoms with van der Waals surface area (Å²) in [6.07, 6.45) is 4.06. The average molecular weight is 476 g/mol. The van der Waals surface area contributed by atoms with E-state index in [4.69, 9.17) is 23.2 Å². The Balaban J connectivity index is 1.83. The van der Waals surface area contributed by atoms with Crippen LogP contribution in [-0.4, -0.2) is 44.8 Å². The van der Waals surface area contributed by atoms with Crippen LogP contribution in [0.2, 0.25) is 10.0 Å². The number of rotatable bonds is 7. The largest absolute Gasteiger partial charge is 0.480 e. The van der Waals surface area contributed by atoms with Crippen LogP contribution in [0.1, 0.15) is 15.9 Å². The highest BCUT2D eigenvalue weighted by molar-refractivity contribution is 6.39. The van der Waals surface area contributed by atoms with Crippen LogP contribution in [0.4, 0.5) is 5.69 Å². The lowest BCUT2D eigenvalue weighted by Gasteiger charge is -2.16. The van der Waals surface area contributed by atoms with Gasteiger partial charge in [0.15, 0.2) is 0 Å². The fourth-order valence-electron chi connectivity index (χ4n) is 3.11. The molecule has 0 aliphatic carbocycles. The first-order chi connectivity index (χ1) is 15.2. The maximum Gasteiger partial charge on any atom is 0.326 e. The van der Waals surface area contributed by atoms with Gasteiger partial charge in [-0.05, 0) is 11.1 Å². The number of nitrogens with one attached hydrogen (secondary N) is 2. The highest BCUT2D eigenvalue weighted by Gasteiger charge is 2.24. The van der Waals surface area contributed by atoms with Crippen LogP contribution in [0.3, 0.4) is 0 Å². The summed E-state index contributed by atoms with van der Waals surface area (Å²) in [6, 6.07) is 5.59. The molecule has 1 atom stereocenters. The molecule has 0 radical (unpaired) electrons. The number of anilines is 1. The summed E-state index contributed by atoms with van der Waals surface area (Å²) < 4.78 is 1.23.